The van der Waals surface area contributed by atoms with E-state index >= 15 is 0 Å². The highest BCUT2D eigenvalue weighted by atomic mass is 32.2. The van der Waals surface area contributed by atoms with Crippen molar-refractivity contribution in [1.29, 1.82) is 0 Å². The van der Waals surface area contributed by atoms with Crippen molar-refractivity contribution < 1.29 is 0 Å². The monoisotopic (exact) mass is 220 g/mol. The second-order valence-corrected chi connectivity index (χ2v) is 5.96. The summed E-state index contributed by atoms with van der Waals surface area (Å²) in [7, 11) is 0. The second kappa shape index (κ2) is 5.94. The van der Waals surface area contributed by atoms with Gasteiger partial charge in [-0.1, -0.05) is 37.4 Å². The molecule has 0 amide bonds. The fraction of sp³-hybridized carbons (Fsp3) is 0.714. The maximum absolute atomic E-state index is 4.29. The molecule has 0 aliphatic carbocycles. The predicted octanol–water partition coefficient (Wildman–Crippen LogP) is 2.91. The van der Waals surface area contributed by atoms with Gasteiger partial charge in [0.1, 0.15) is 15.4 Å². The first-order valence-corrected chi connectivity index (χ1v) is 6.68. The Morgan fingerprint density at radius 3 is 2.08 bits per heavy atom. The molecule has 1 aliphatic rings. The molecule has 1 aliphatic heterocycles. The first-order chi connectivity index (χ1) is 5.86. The fourth-order valence-corrected chi connectivity index (χ4v) is 3.68. The van der Waals surface area contributed by atoms with E-state index < -0.39 is 0 Å². The van der Waals surface area contributed by atoms with Crippen LogP contribution in [-0.2, 0) is 0 Å². The molecule has 5 heteroatoms. The zero-order valence-electron chi connectivity index (χ0n) is 7.24. The first-order valence-electron chi connectivity index (χ1n) is 3.89. The van der Waals surface area contributed by atoms with Crippen LogP contribution in [0.1, 0.15) is 13.8 Å². The van der Waals surface area contributed by atoms with Crippen LogP contribution < -0.4 is 0 Å². The molecule has 0 N–H and O–H groups in total. The number of aliphatic imine (C=N–C) groups is 2. The average molecular weight is 220 g/mol. The van der Waals surface area contributed by atoms with Crippen molar-refractivity contribution >= 4 is 44.0 Å². The van der Waals surface area contributed by atoms with Crippen molar-refractivity contribution in [2.24, 2.45) is 9.98 Å². The van der Waals surface area contributed by atoms with Crippen molar-refractivity contribution in [2.45, 2.75) is 13.8 Å². The molecule has 0 bridgehead atoms. The van der Waals surface area contributed by atoms with E-state index in [1.54, 1.807) is 35.3 Å². The van der Waals surface area contributed by atoms with Crippen LogP contribution in [0.4, 0.5) is 0 Å². The molecule has 0 spiro atoms. The molecular formula is C7H12N2S3. The molecule has 1 rings (SSSR count). The van der Waals surface area contributed by atoms with Crippen LogP contribution in [0.3, 0.4) is 0 Å². The van der Waals surface area contributed by atoms with Crippen molar-refractivity contribution in [3.05, 3.63) is 0 Å². The summed E-state index contributed by atoms with van der Waals surface area (Å²) in [5.74, 6) is 2.19. The Morgan fingerprint density at radius 1 is 1.17 bits per heavy atom. The lowest BCUT2D eigenvalue weighted by molar-refractivity contribution is 1.08. The van der Waals surface area contributed by atoms with Crippen LogP contribution in [-0.4, -0.2) is 26.9 Å². The van der Waals surface area contributed by atoms with Crippen LogP contribution in [0.15, 0.2) is 9.98 Å². The van der Waals surface area contributed by atoms with Crippen LogP contribution in [0, 0.1) is 0 Å². The molecule has 0 saturated heterocycles. The molecular weight excluding hydrogens is 208 g/mol. The van der Waals surface area contributed by atoms with E-state index in [-0.39, 0.29) is 0 Å². The Kier molecular flexibility index (Phi) is 5.18. The van der Waals surface area contributed by atoms with Crippen LogP contribution in [0.25, 0.3) is 0 Å². The van der Waals surface area contributed by atoms with Gasteiger partial charge in [0.25, 0.3) is 0 Å². The van der Waals surface area contributed by atoms with E-state index in [0.29, 0.717) is 6.67 Å². The predicted molar refractivity (Wildman–Crippen MR) is 63.6 cm³/mol. The largest absolute Gasteiger partial charge is 0.248 e. The molecule has 0 atom stereocenters. The van der Waals surface area contributed by atoms with Gasteiger partial charge in [-0.3, -0.25) is 0 Å². The van der Waals surface area contributed by atoms with Gasteiger partial charge in [-0.15, -0.1) is 0 Å². The third kappa shape index (κ3) is 3.41. The molecule has 0 aromatic rings. The minimum absolute atomic E-state index is 0.623. The van der Waals surface area contributed by atoms with Crippen molar-refractivity contribution in [2.75, 3.05) is 18.2 Å². The smallest absolute Gasteiger partial charge is 0.133 e. The van der Waals surface area contributed by atoms with Gasteiger partial charge in [0, 0.05) is 0 Å². The Hall–Kier alpha value is 0.390. The summed E-state index contributed by atoms with van der Waals surface area (Å²) in [4.78, 5) is 8.59. The molecule has 0 radical (unpaired) electrons. The summed E-state index contributed by atoms with van der Waals surface area (Å²) in [5, 5.41) is 0. The molecule has 12 heavy (non-hydrogen) atoms. The number of rotatable bonds is 2. The zero-order chi connectivity index (χ0) is 8.81. The number of nitrogens with zero attached hydrogens (tertiary/aromatic N) is 2. The SMILES string of the molecule is CCSC1=NCN=C(SCC)S1. The van der Waals surface area contributed by atoms with E-state index in [0.717, 1.165) is 11.5 Å². The molecule has 68 valence electrons. The Morgan fingerprint density at radius 2 is 1.67 bits per heavy atom. The Balaban J connectivity index is 2.37. The maximum atomic E-state index is 4.29. The fourth-order valence-electron chi connectivity index (χ4n) is 0.687. The lowest BCUT2D eigenvalue weighted by atomic mass is 11.0. The highest BCUT2D eigenvalue weighted by molar-refractivity contribution is 8.53. The molecule has 0 aromatic heterocycles. The van der Waals surface area contributed by atoms with Gasteiger partial charge in [0.15, 0.2) is 0 Å². The van der Waals surface area contributed by atoms with E-state index in [9.17, 15) is 0 Å². The lowest BCUT2D eigenvalue weighted by Gasteiger charge is -2.09. The molecule has 0 unspecified atom stereocenters. The summed E-state index contributed by atoms with van der Waals surface area (Å²) in [6.45, 7) is 4.91. The third-order valence-corrected chi connectivity index (χ3v) is 4.25. The third-order valence-electron chi connectivity index (χ3n) is 1.11. The van der Waals surface area contributed by atoms with Gasteiger partial charge in [-0.25, -0.2) is 9.98 Å². The standard InChI is InChI=1S/C7H12N2S3/c1-3-10-6-8-5-9-7(12-6)11-4-2/h3-5H2,1-2H3. The van der Waals surface area contributed by atoms with Crippen LogP contribution >= 0.6 is 35.3 Å². The van der Waals surface area contributed by atoms with Gasteiger partial charge in [0.05, 0.1) is 0 Å². The zero-order valence-corrected chi connectivity index (χ0v) is 9.69. The summed E-state index contributed by atoms with van der Waals surface area (Å²) in [5.41, 5.74) is 0. The van der Waals surface area contributed by atoms with Gasteiger partial charge >= 0.3 is 0 Å². The van der Waals surface area contributed by atoms with Crippen LogP contribution in [0.2, 0.25) is 0 Å². The maximum Gasteiger partial charge on any atom is 0.133 e. The molecule has 0 saturated carbocycles. The van der Waals surface area contributed by atoms with E-state index in [1.165, 1.54) is 8.75 Å². The molecule has 0 fully saturated rings. The minimum atomic E-state index is 0.623. The molecule has 2 nitrogen and oxygen atoms in total. The topological polar surface area (TPSA) is 24.7 Å². The van der Waals surface area contributed by atoms with Gasteiger partial charge in [-0.2, -0.15) is 0 Å². The van der Waals surface area contributed by atoms with Crippen molar-refractivity contribution in [1.82, 2.24) is 0 Å². The summed E-state index contributed by atoms with van der Waals surface area (Å²) in [6, 6.07) is 0. The van der Waals surface area contributed by atoms with E-state index in [2.05, 4.69) is 23.8 Å². The lowest BCUT2D eigenvalue weighted by Crippen LogP contribution is -2.01. The normalized spacial score (nSPS) is 17.2. The molecule has 0 aromatic carbocycles. The van der Waals surface area contributed by atoms with E-state index in [1.807, 2.05) is 0 Å². The summed E-state index contributed by atoms with van der Waals surface area (Å²) >= 11 is 5.31. The Bertz CT molecular complexity index is 181. The summed E-state index contributed by atoms with van der Waals surface area (Å²) < 4.78 is 2.34. The van der Waals surface area contributed by atoms with Gasteiger partial charge < -0.3 is 0 Å². The quantitative estimate of drug-likeness (QED) is 0.715. The number of hydrogen-bond donors (Lipinski definition) is 0. The second-order valence-electron chi connectivity index (χ2n) is 1.96. The van der Waals surface area contributed by atoms with Crippen molar-refractivity contribution in [3.8, 4) is 0 Å². The average Bonchev–Trinajstić information content (AvgIpc) is 2.06. The number of hydrogen-bond acceptors (Lipinski definition) is 5. The molecule has 1 heterocycles. The first kappa shape index (κ1) is 10.5. The van der Waals surface area contributed by atoms with Gasteiger partial charge in [0.2, 0.25) is 0 Å². The highest BCUT2D eigenvalue weighted by Gasteiger charge is 2.10. The Labute approximate surface area is 86.1 Å². The van der Waals surface area contributed by atoms with Crippen LogP contribution in [0.5, 0.6) is 0 Å². The minimum Gasteiger partial charge on any atom is -0.248 e. The van der Waals surface area contributed by atoms with E-state index in [4.69, 9.17) is 0 Å². The summed E-state index contributed by atoms with van der Waals surface area (Å²) in [6.07, 6.45) is 0. The number of thioether (sulfide) groups is 3. The highest BCUT2D eigenvalue weighted by Crippen LogP contribution is 2.27. The van der Waals surface area contributed by atoms with Crippen molar-refractivity contribution in [3.63, 3.8) is 0 Å². The van der Waals surface area contributed by atoms with Gasteiger partial charge in [-0.05, 0) is 23.3 Å².